The van der Waals surface area contributed by atoms with Crippen molar-refractivity contribution in [2.45, 2.75) is 45.8 Å². The molecule has 1 N–H and O–H groups in total. The Morgan fingerprint density at radius 1 is 1.04 bits per heavy atom. The van der Waals surface area contributed by atoms with Gasteiger partial charge in [-0.15, -0.1) is 0 Å². The van der Waals surface area contributed by atoms with Gasteiger partial charge in [-0.1, -0.05) is 62.4 Å². The lowest BCUT2D eigenvalue weighted by atomic mass is 10.0. The Morgan fingerprint density at radius 3 is 2.35 bits per heavy atom. The molecule has 2 atom stereocenters. The first-order valence-electron chi connectivity index (χ1n) is 8.25. The number of carbonyl (C=O) groups excluding carboxylic acids is 1. The van der Waals surface area contributed by atoms with Gasteiger partial charge >= 0.3 is 0 Å². The van der Waals surface area contributed by atoms with Crippen LogP contribution in [-0.4, -0.2) is 12.0 Å². The van der Waals surface area contributed by atoms with Crippen LogP contribution in [0.2, 0.25) is 0 Å². The van der Waals surface area contributed by atoms with Gasteiger partial charge in [0.05, 0.1) is 6.04 Å². The standard InChI is InChI=1S/C20H25NO2/c1-4-16-11-9-10-14-19(16)23-15(3)20(22)21-18(5-2)17-12-7-6-8-13-17/h6-15,18H,4-5H2,1-3H3,(H,21,22)/t15-,18+/m0/s1. The number of benzene rings is 2. The highest BCUT2D eigenvalue weighted by atomic mass is 16.5. The monoisotopic (exact) mass is 311 g/mol. The molecule has 0 aliphatic carbocycles. The van der Waals surface area contributed by atoms with Gasteiger partial charge in [0.2, 0.25) is 0 Å². The highest BCUT2D eigenvalue weighted by Crippen LogP contribution is 2.21. The average molecular weight is 311 g/mol. The van der Waals surface area contributed by atoms with Crippen molar-refractivity contribution in [3.8, 4) is 5.75 Å². The normalized spacial score (nSPS) is 13.2. The molecule has 23 heavy (non-hydrogen) atoms. The van der Waals surface area contributed by atoms with E-state index in [-0.39, 0.29) is 11.9 Å². The first-order valence-corrected chi connectivity index (χ1v) is 8.25. The van der Waals surface area contributed by atoms with Crippen molar-refractivity contribution in [2.75, 3.05) is 0 Å². The third kappa shape index (κ3) is 4.59. The Hall–Kier alpha value is -2.29. The summed E-state index contributed by atoms with van der Waals surface area (Å²) >= 11 is 0. The fourth-order valence-corrected chi connectivity index (χ4v) is 2.55. The van der Waals surface area contributed by atoms with Crippen molar-refractivity contribution in [1.29, 1.82) is 0 Å². The molecule has 3 nitrogen and oxygen atoms in total. The summed E-state index contributed by atoms with van der Waals surface area (Å²) in [6.45, 7) is 5.94. The zero-order valence-corrected chi connectivity index (χ0v) is 14.1. The number of hydrogen-bond donors (Lipinski definition) is 1. The van der Waals surface area contributed by atoms with E-state index in [0.29, 0.717) is 0 Å². The van der Waals surface area contributed by atoms with E-state index in [0.717, 1.165) is 29.7 Å². The van der Waals surface area contributed by atoms with Crippen LogP contribution in [0.15, 0.2) is 54.6 Å². The maximum absolute atomic E-state index is 12.5. The number of hydrogen-bond acceptors (Lipinski definition) is 2. The van der Waals surface area contributed by atoms with E-state index in [1.807, 2.05) is 54.6 Å². The molecular weight excluding hydrogens is 286 g/mol. The van der Waals surface area contributed by atoms with E-state index >= 15 is 0 Å². The van der Waals surface area contributed by atoms with Crippen LogP contribution in [0.4, 0.5) is 0 Å². The second-order valence-electron chi connectivity index (χ2n) is 5.60. The summed E-state index contributed by atoms with van der Waals surface area (Å²) in [6.07, 6.45) is 1.20. The van der Waals surface area contributed by atoms with Gasteiger partial charge < -0.3 is 10.1 Å². The lowest BCUT2D eigenvalue weighted by Gasteiger charge is -2.21. The van der Waals surface area contributed by atoms with E-state index in [4.69, 9.17) is 4.74 Å². The predicted octanol–water partition coefficient (Wildman–Crippen LogP) is 4.28. The molecule has 0 unspecified atom stereocenters. The minimum atomic E-state index is -0.527. The number of ether oxygens (including phenoxy) is 1. The van der Waals surface area contributed by atoms with E-state index in [2.05, 4.69) is 19.2 Å². The Morgan fingerprint density at radius 2 is 1.70 bits per heavy atom. The molecule has 2 rings (SSSR count). The summed E-state index contributed by atoms with van der Waals surface area (Å²) in [5.74, 6) is 0.692. The minimum absolute atomic E-state index is 0.0103. The molecule has 2 aromatic rings. The van der Waals surface area contributed by atoms with Crippen LogP contribution in [-0.2, 0) is 11.2 Å². The molecule has 0 saturated carbocycles. The lowest BCUT2D eigenvalue weighted by Crippen LogP contribution is -2.38. The SMILES string of the molecule is CCc1ccccc1O[C@@H](C)C(=O)N[C@H](CC)c1ccccc1. The highest BCUT2D eigenvalue weighted by molar-refractivity contribution is 5.81. The van der Waals surface area contributed by atoms with Gasteiger partial charge in [0.1, 0.15) is 5.75 Å². The zero-order valence-electron chi connectivity index (χ0n) is 14.1. The molecule has 0 spiro atoms. The quantitative estimate of drug-likeness (QED) is 0.828. The molecule has 0 heterocycles. The molecular formula is C20H25NO2. The molecule has 0 radical (unpaired) electrons. The first-order chi connectivity index (χ1) is 11.2. The fraction of sp³-hybridized carbons (Fsp3) is 0.350. The average Bonchev–Trinajstić information content (AvgIpc) is 2.60. The van der Waals surface area contributed by atoms with Crippen LogP contribution in [0.1, 0.15) is 44.4 Å². The van der Waals surface area contributed by atoms with Gasteiger partial charge in [-0.25, -0.2) is 0 Å². The number of para-hydroxylation sites is 1. The third-order valence-corrected chi connectivity index (χ3v) is 3.95. The van der Waals surface area contributed by atoms with Gasteiger partial charge in [-0.2, -0.15) is 0 Å². The van der Waals surface area contributed by atoms with Crippen LogP contribution in [0, 0.1) is 0 Å². The number of aryl methyl sites for hydroxylation is 1. The Labute approximate surface area is 138 Å². The highest BCUT2D eigenvalue weighted by Gasteiger charge is 2.19. The van der Waals surface area contributed by atoms with Crippen LogP contribution < -0.4 is 10.1 Å². The zero-order chi connectivity index (χ0) is 16.7. The maximum Gasteiger partial charge on any atom is 0.261 e. The Kier molecular flexibility index (Phi) is 6.21. The van der Waals surface area contributed by atoms with E-state index < -0.39 is 6.10 Å². The van der Waals surface area contributed by atoms with Gasteiger partial charge in [0.25, 0.3) is 5.91 Å². The van der Waals surface area contributed by atoms with Crippen molar-refractivity contribution in [3.05, 3.63) is 65.7 Å². The van der Waals surface area contributed by atoms with Crippen molar-refractivity contribution < 1.29 is 9.53 Å². The topological polar surface area (TPSA) is 38.3 Å². The summed E-state index contributed by atoms with van der Waals surface area (Å²) in [5, 5.41) is 3.08. The van der Waals surface area contributed by atoms with Crippen molar-refractivity contribution in [2.24, 2.45) is 0 Å². The van der Waals surface area contributed by atoms with Crippen molar-refractivity contribution in [1.82, 2.24) is 5.32 Å². The summed E-state index contributed by atoms with van der Waals surface area (Å²) < 4.78 is 5.87. The number of nitrogens with one attached hydrogen (secondary N) is 1. The smallest absolute Gasteiger partial charge is 0.261 e. The van der Waals surface area contributed by atoms with Crippen molar-refractivity contribution in [3.63, 3.8) is 0 Å². The summed E-state index contributed by atoms with van der Waals surface area (Å²) in [5.41, 5.74) is 2.23. The molecule has 122 valence electrons. The molecule has 3 heteroatoms. The van der Waals surface area contributed by atoms with E-state index in [9.17, 15) is 4.79 Å². The van der Waals surface area contributed by atoms with Gasteiger partial charge in [0, 0.05) is 0 Å². The van der Waals surface area contributed by atoms with Gasteiger partial charge in [0.15, 0.2) is 6.10 Å². The second kappa shape index (κ2) is 8.37. The Balaban J connectivity index is 2.02. The first kappa shape index (κ1) is 17.1. The molecule has 0 aliphatic rings. The van der Waals surface area contributed by atoms with Gasteiger partial charge in [-0.05, 0) is 37.0 Å². The summed E-state index contributed by atoms with van der Waals surface area (Å²) in [4.78, 5) is 12.5. The molecule has 0 fully saturated rings. The largest absolute Gasteiger partial charge is 0.481 e. The molecule has 0 aliphatic heterocycles. The summed E-state index contributed by atoms with van der Waals surface area (Å²) in [7, 11) is 0. The Bertz CT molecular complexity index is 625. The predicted molar refractivity (Wildman–Crippen MR) is 93.5 cm³/mol. The number of rotatable bonds is 7. The van der Waals surface area contributed by atoms with Crippen LogP contribution in [0.5, 0.6) is 5.75 Å². The molecule has 2 aromatic carbocycles. The van der Waals surface area contributed by atoms with Crippen LogP contribution in [0.3, 0.4) is 0 Å². The second-order valence-corrected chi connectivity index (χ2v) is 5.60. The lowest BCUT2D eigenvalue weighted by molar-refractivity contribution is -0.128. The molecule has 0 saturated heterocycles. The van der Waals surface area contributed by atoms with E-state index in [1.165, 1.54) is 0 Å². The van der Waals surface area contributed by atoms with Crippen LogP contribution in [0.25, 0.3) is 0 Å². The maximum atomic E-state index is 12.5. The van der Waals surface area contributed by atoms with Crippen LogP contribution >= 0.6 is 0 Å². The van der Waals surface area contributed by atoms with Gasteiger partial charge in [-0.3, -0.25) is 4.79 Å². The number of amides is 1. The minimum Gasteiger partial charge on any atom is -0.481 e. The summed E-state index contributed by atoms with van der Waals surface area (Å²) in [6, 6.07) is 17.9. The molecule has 0 aromatic heterocycles. The number of carbonyl (C=O) groups is 1. The molecule has 1 amide bonds. The van der Waals surface area contributed by atoms with E-state index in [1.54, 1.807) is 6.92 Å². The third-order valence-electron chi connectivity index (χ3n) is 3.95. The van der Waals surface area contributed by atoms with Crippen molar-refractivity contribution >= 4 is 5.91 Å². The molecule has 0 bridgehead atoms. The fourth-order valence-electron chi connectivity index (χ4n) is 2.55.